The fourth-order valence-corrected chi connectivity index (χ4v) is 2.30. The summed E-state index contributed by atoms with van der Waals surface area (Å²) in [6.45, 7) is 5.96. The van der Waals surface area contributed by atoms with Crippen molar-refractivity contribution in [3.63, 3.8) is 0 Å². The highest BCUT2D eigenvalue weighted by Crippen LogP contribution is 2.27. The fraction of sp³-hybridized carbons (Fsp3) is 0.353. The van der Waals surface area contributed by atoms with Gasteiger partial charge in [-0.3, -0.25) is 0 Å². The lowest BCUT2D eigenvalue weighted by atomic mass is 10.1. The van der Waals surface area contributed by atoms with Crippen LogP contribution in [-0.4, -0.2) is 11.5 Å². The molecule has 0 unspecified atom stereocenters. The molecule has 0 aliphatic heterocycles. The molecule has 0 spiro atoms. The number of aryl methyl sites for hydroxylation is 1. The minimum Gasteiger partial charge on any atom is -0.439 e. The van der Waals surface area contributed by atoms with E-state index in [0.717, 1.165) is 47.8 Å². The molecule has 0 aliphatic rings. The molecule has 2 aromatic rings. The van der Waals surface area contributed by atoms with Gasteiger partial charge in [-0.05, 0) is 49.2 Å². The Hall–Kier alpha value is -1.58. The van der Waals surface area contributed by atoms with Crippen LogP contribution in [-0.2, 0) is 13.0 Å². The summed E-state index contributed by atoms with van der Waals surface area (Å²) in [4.78, 5) is 4.34. The first-order valence-electron chi connectivity index (χ1n) is 7.35. The van der Waals surface area contributed by atoms with Crippen LogP contribution in [0.15, 0.2) is 36.5 Å². The number of pyridine rings is 1. The lowest BCUT2D eigenvalue weighted by Gasteiger charge is -2.11. The van der Waals surface area contributed by atoms with Crippen molar-refractivity contribution in [3.8, 4) is 11.6 Å². The summed E-state index contributed by atoms with van der Waals surface area (Å²) in [6, 6.07) is 9.67. The van der Waals surface area contributed by atoms with Gasteiger partial charge >= 0.3 is 0 Å². The molecule has 0 radical (unpaired) electrons. The third-order valence-corrected chi connectivity index (χ3v) is 3.57. The van der Waals surface area contributed by atoms with E-state index in [4.69, 9.17) is 16.3 Å². The number of halogens is 1. The predicted octanol–water partition coefficient (Wildman–Crippen LogP) is 4.59. The second-order valence-electron chi connectivity index (χ2n) is 4.85. The molecule has 0 saturated heterocycles. The first-order chi connectivity index (χ1) is 10.2. The van der Waals surface area contributed by atoms with Gasteiger partial charge in [-0.2, -0.15) is 0 Å². The smallest absolute Gasteiger partial charge is 0.223 e. The van der Waals surface area contributed by atoms with Crippen LogP contribution < -0.4 is 10.1 Å². The molecular weight excluding hydrogens is 284 g/mol. The molecule has 21 heavy (non-hydrogen) atoms. The molecule has 112 valence electrons. The molecule has 4 heteroatoms. The van der Waals surface area contributed by atoms with E-state index in [0.29, 0.717) is 5.88 Å². The highest BCUT2D eigenvalue weighted by Gasteiger charge is 2.07. The zero-order chi connectivity index (χ0) is 15.1. The molecule has 0 aliphatic carbocycles. The predicted molar refractivity (Wildman–Crippen MR) is 87.1 cm³/mol. The van der Waals surface area contributed by atoms with Crippen molar-refractivity contribution in [3.05, 3.63) is 52.7 Å². The van der Waals surface area contributed by atoms with E-state index in [1.54, 1.807) is 6.20 Å². The molecule has 1 aromatic carbocycles. The Morgan fingerprint density at radius 1 is 1.19 bits per heavy atom. The van der Waals surface area contributed by atoms with Crippen LogP contribution in [0.4, 0.5) is 0 Å². The van der Waals surface area contributed by atoms with Gasteiger partial charge in [-0.15, -0.1) is 0 Å². The van der Waals surface area contributed by atoms with Gasteiger partial charge in [-0.25, -0.2) is 4.98 Å². The Balaban J connectivity index is 2.15. The molecule has 0 saturated carbocycles. The van der Waals surface area contributed by atoms with Gasteiger partial charge in [0.25, 0.3) is 0 Å². The average Bonchev–Trinajstić information content (AvgIpc) is 2.51. The van der Waals surface area contributed by atoms with Gasteiger partial charge in [-0.1, -0.05) is 31.5 Å². The van der Waals surface area contributed by atoms with Gasteiger partial charge in [0, 0.05) is 23.3 Å². The lowest BCUT2D eigenvalue weighted by Crippen LogP contribution is -2.14. The van der Waals surface area contributed by atoms with E-state index in [2.05, 4.69) is 24.1 Å². The Morgan fingerprint density at radius 2 is 2.05 bits per heavy atom. The number of hydrogen-bond donors (Lipinski definition) is 1. The summed E-state index contributed by atoms with van der Waals surface area (Å²) in [7, 11) is 0. The highest BCUT2D eigenvalue weighted by molar-refractivity contribution is 6.31. The average molecular weight is 305 g/mol. The molecule has 0 atom stereocenters. The number of aromatic nitrogens is 1. The van der Waals surface area contributed by atoms with E-state index >= 15 is 0 Å². The normalized spacial score (nSPS) is 10.6. The summed E-state index contributed by atoms with van der Waals surface area (Å²) in [5.74, 6) is 1.41. The molecule has 0 fully saturated rings. The monoisotopic (exact) mass is 304 g/mol. The van der Waals surface area contributed by atoms with Crippen molar-refractivity contribution in [2.24, 2.45) is 0 Å². The lowest BCUT2D eigenvalue weighted by molar-refractivity contribution is 0.452. The van der Waals surface area contributed by atoms with Gasteiger partial charge in [0.1, 0.15) is 5.75 Å². The number of nitrogens with one attached hydrogen (secondary N) is 1. The Bertz CT molecular complexity index is 587. The van der Waals surface area contributed by atoms with Crippen molar-refractivity contribution in [1.82, 2.24) is 10.3 Å². The van der Waals surface area contributed by atoms with Crippen molar-refractivity contribution < 1.29 is 4.74 Å². The number of nitrogens with zero attached hydrogens (tertiary/aromatic N) is 1. The van der Waals surface area contributed by atoms with Crippen LogP contribution in [0.3, 0.4) is 0 Å². The van der Waals surface area contributed by atoms with E-state index in [-0.39, 0.29) is 0 Å². The second-order valence-corrected chi connectivity index (χ2v) is 5.26. The maximum Gasteiger partial charge on any atom is 0.223 e. The van der Waals surface area contributed by atoms with Crippen LogP contribution in [0.5, 0.6) is 11.6 Å². The van der Waals surface area contributed by atoms with E-state index in [1.165, 1.54) is 0 Å². The minimum atomic E-state index is 0.644. The third kappa shape index (κ3) is 4.45. The highest BCUT2D eigenvalue weighted by atomic mass is 35.5. The fourth-order valence-electron chi connectivity index (χ4n) is 2.05. The van der Waals surface area contributed by atoms with Crippen LogP contribution >= 0.6 is 11.6 Å². The zero-order valence-corrected chi connectivity index (χ0v) is 13.3. The molecule has 3 nitrogen and oxygen atoms in total. The van der Waals surface area contributed by atoms with Crippen molar-refractivity contribution in [1.29, 1.82) is 0 Å². The van der Waals surface area contributed by atoms with Crippen LogP contribution in [0, 0.1) is 0 Å². The van der Waals surface area contributed by atoms with Crippen molar-refractivity contribution >= 4 is 11.6 Å². The number of rotatable bonds is 7. The number of ether oxygens (including phenoxy) is 1. The second kappa shape index (κ2) is 8.01. The van der Waals surface area contributed by atoms with E-state index in [9.17, 15) is 0 Å². The molecule has 1 N–H and O–H groups in total. The molecule has 1 aromatic heterocycles. The Kier molecular flexibility index (Phi) is 6.03. The van der Waals surface area contributed by atoms with Gasteiger partial charge < -0.3 is 10.1 Å². The first-order valence-corrected chi connectivity index (χ1v) is 7.73. The number of hydrogen-bond acceptors (Lipinski definition) is 3. The standard InChI is InChI=1S/C17H21ClN2O/c1-3-9-19-12-14-6-5-10-20-17(14)21-15-7-8-16(18)13(4-2)11-15/h5-8,10-11,19H,3-4,9,12H2,1-2H3. The summed E-state index contributed by atoms with van der Waals surface area (Å²) in [5.41, 5.74) is 2.13. The van der Waals surface area contributed by atoms with E-state index in [1.807, 2.05) is 30.3 Å². The van der Waals surface area contributed by atoms with Crippen molar-refractivity contribution in [2.75, 3.05) is 6.54 Å². The van der Waals surface area contributed by atoms with Gasteiger partial charge in [0.15, 0.2) is 0 Å². The SMILES string of the molecule is CCCNCc1cccnc1Oc1ccc(Cl)c(CC)c1. The quantitative estimate of drug-likeness (QED) is 0.760. The molecule has 0 amide bonds. The molecule has 2 rings (SSSR count). The summed E-state index contributed by atoms with van der Waals surface area (Å²) in [6.07, 6.45) is 3.73. The topological polar surface area (TPSA) is 34.2 Å². The molecular formula is C17H21ClN2O. The summed E-state index contributed by atoms with van der Waals surface area (Å²) < 4.78 is 5.93. The van der Waals surface area contributed by atoms with Gasteiger partial charge in [0.05, 0.1) is 0 Å². The van der Waals surface area contributed by atoms with Crippen LogP contribution in [0.1, 0.15) is 31.4 Å². The Labute approximate surface area is 131 Å². The largest absolute Gasteiger partial charge is 0.439 e. The van der Waals surface area contributed by atoms with Crippen LogP contribution in [0.2, 0.25) is 5.02 Å². The maximum atomic E-state index is 6.13. The van der Waals surface area contributed by atoms with Gasteiger partial charge in [0.2, 0.25) is 5.88 Å². The van der Waals surface area contributed by atoms with Crippen molar-refractivity contribution in [2.45, 2.75) is 33.2 Å². The third-order valence-electron chi connectivity index (χ3n) is 3.20. The first kappa shape index (κ1) is 15.8. The summed E-state index contributed by atoms with van der Waals surface area (Å²) >= 11 is 6.13. The Morgan fingerprint density at radius 3 is 2.81 bits per heavy atom. The summed E-state index contributed by atoms with van der Waals surface area (Å²) in [5, 5.41) is 4.14. The minimum absolute atomic E-state index is 0.644. The maximum absolute atomic E-state index is 6.13. The number of benzene rings is 1. The van der Waals surface area contributed by atoms with E-state index < -0.39 is 0 Å². The molecule has 0 bridgehead atoms. The zero-order valence-electron chi connectivity index (χ0n) is 12.5. The van der Waals surface area contributed by atoms with Crippen LogP contribution in [0.25, 0.3) is 0 Å². The molecule has 1 heterocycles.